The molecule has 0 aliphatic carbocycles. The number of para-hydroxylation sites is 1. The number of imidazole rings is 1. The Kier molecular flexibility index (Phi) is 5.57. The normalized spacial score (nSPS) is 17.9. The summed E-state index contributed by atoms with van der Waals surface area (Å²) >= 11 is 0. The van der Waals surface area contributed by atoms with Gasteiger partial charge in [-0.1, -0.05) is 18.2 Å². The van der Waals surface area contributed by atoms with E-state index in [1.807, 2.05) is 18.2 Å². The number of aromatic nitrogens is 4. The molecule has 2 saturated heterocycles. The van der Waals surface area contributed by atoms with Crippen LogP contribution in [0.15, 0.2) is 71.4 Å². The largest absolute Gasteiger partial charge is 0.474 e. The Morgan fingerprint density at radius 3 is 2.66 bits per heavy atom. The molecule has 0 unspecified atom stereocenters. The quantitative estimate of drug-likeness (QED) is 0.371. The van der Waals surface area contributed by atoms with Crippen LogP contribution in [-0.4, -0.2) is 64.3 Å². The molecular weight excluding hydrogens is 482 g/mol. The number of nitrogens with zero attached hydrogens (tertiary/aromatic N) is 6. The summed E-state index contributed by atoms with van der Waals surface area (Å²) in [7, 11) is 0. The van der Waals surface area contributed by atoms with Gasteiger partial charge in [-0.05, 0) is 36.8 Å². The molecule has 10 heteroatoms. The average Bonchev–Trinajstić information content (AvgIpc) is 3.70. The molecule has 2 aliphatic rings. The summed E-state index contributed by atoms with van der Waals surface area (Å²) in [6, 6.07) is 18.3. The highest BCUT2D eigenvalue weighted by Crippen LogP contribution is 2.34. The van der Waals surface area contributed by atoms with Gasteiger partial charge < -0.3 is 24.3 Å². The lowest BCUT2D eigenvalue weighted by Crippen LogP contribution is -2.46. The van der Waals surface area contributed by atoms with Gasteiger partial charge in [-0.15, -0.1) is 5.10 Å². The number of hydrogen-bond donors (Lipinski definition) is 1. The van der Waals surface area contributed by atoms with Crippen molar-refractivity contribution >= 4 is 34.0 Å². The van der Waals surface area contributed by atoms with Gasteiger partial charge in [0.15, 0.2) is 11.4 Å². The molecule has 0 radical (unpaired) electrons. The maximum atomic E-state index is 11.5. The van der Waals surface area contributed by atoms with E-state index in [2.05, 4.69) is 60.5 Å². The van der Waals surface area contributed by atoms with Gasteiger partial charge in [0, 0.05) is 50.6 Å². The van der Waals surface area contributed by atoms with Crippen LogP contribution in [-0.2, 0) is 4.79 Å². The Labute approximate surface area is 218 Å². The van der Waals surface area contributed by atoms with E-state index in [1.165, 1.54) is 5.69 Å². The molecule has 6 heterocycles. The topological polar surface area (TPSA) is 101 Å². The maximum absolute atomic E-state index is 11.5. The highest BCUT2D eigenvalue weighted by atomic mass is 16.5. The van der Waals surface area contributed by atoms with Crippen LogP contribution in [0.2, 0.25) is 0 Å². The minimum Gasteiger partial charge on any atom is -0.474 e. The van der Waals surface area contributed by atoms with Gasteiger partial charge in [0.25, 0.3) is 0 Å². The number of pyridine rings is 1. The molecule has 5 aromatic rings. The van der Waals surface area contributed by atoms with Gasteiger partial charge in [0.1, 0.15) is 12.3 Å². The first-order chi connectivity index (χ1) is 18.7. The number of ether oxygens (including phenoxy) is 1. The number of rotatable bonds is 6. The SMILES string of the molecule is O=C1CC[C@H](COc2ccc3ncc(-c4cc5c(N6CCN(c7ccccc7)CC6)ccnc5o4)n3n2)N1. The second-order valence-corrected chi connectivity index (χ2v) is 9.67. The molecule has 2 aliphatic heterocycles. The highest BCUT2D eigenvalue weighted by Gasteiger charge is 2.23. The zero-order chi connectivity index (χ0) is 25.5. The number of anilines is 2. The van der Waals surface area contributed by atoms with Crippen LogP contribution >= 0.6 is 0 Å². The number of benzene rings is 1. The molecule has 7 rings (SSSR count). The number of amides is 1. The third-order valence-electron chi connectivity index (χ3n) is 7.26. The van der Waals surface area contributed by atoms with Crippen molar-refractivity contribution < 1.29 is 13.9 Å². The summed E-state index contributed by atoms with van der Waals surface area (Å²) in [4.78, 5) is 25.3. The molecular formula is C28H27N7O3. The fraction of sp³-hybridized carbons (Fsp3) is 0.286. The molecule has 38 heavy (non-hydrogen) atoms. The predicted molar refractivity (Wildman–Crippen MR) is 144 cm³/mol. The molecule has 0 saturated carbocycles. The van der Waals surface area contributed by atoms with Crippen molar-refractivity contribution in [1.82, 2.24) is 24.9 Å². The monoisotopic (exact) mass is 509 g/mol. The standard InChI is InChI=1S/C28H27N7O3/c36-26-8-6-19(31-26)18-37-27-9-7-25-30-17-23(35(25)32-27)24-16-21-22(10-11-29-28(21)38-24)34-14-12-33(13-15-34)20-4-2-1-3-5-20/h1-5,7,9-11,16-17,19H,6,8,12-15,18H2,(H,31,36)/t19-/m1/s1. The van der Waals surface area contributed by atoms with Gasteiger partial charge in [-0.25, -0.2) is 14.5 Å². The van der Waals surface area contributed by atoms with Crippen molar-refractivity contribution in [3.05, 3.63) is 67.0 Å². The van der Waals surface area contributed by atoms with Crippen LogP contribution < -0.4 is 19.9 Å². The molecule has 1 amide bonds. The first-order valence-electron chi connectivity index (χ1n) is 12.9. The molecule has 4 aromatic heterocycles. The summed E-state index contributed by atoms with van der Waals surface area (Å²) in [6.07, 6.45) is 4.86. The number of fused-ring (bicyclic) bond motifs is 2. The predicted octanol–water partition coefficient (Wildman–Crippen LogP) is 3.52. The minimum absolute atomic E-state index is 0.0108. The number of carbonyl (C=O) groups excluding carboxylic acids is 1. The molecule has 0 bridgehead atoms. The summed E-state index contributed by atoms with van der Waals surface area (Å²) < 4.78 is 13.8. The summed E-state index contributed by atoms with van der Waals surface area (Å²) in [5, 5.41) is 8.51. The van der Waals surface area contributed by atoms with Crippen molar-refractivity contribution in [2.24, 2.45) is 0 Å². The van der Waals surface area contributed by atoms with Gasteiger partial charge in [0.05, 0.1) is 23.3 Å². The summed E-state index contributed by atoms with van der Waals surface area (Å²) in [6.45, 7) is 4.09. The van der Waals surface area contributed by atoms with E-state index in [-0.39, 0.29) is 11.9 Å². The molecule has 192 valence electrons. The van der Waals surface area contributed by atoms with Gasteiger partial charge in [-0.3, -0.25) is 4.79 Å². The first kappa shape index (κ1) is 22.6. The van der Waals surface area contributed by atoms with Crippen molar-refractivity contribution in [3.63, 3.8) is 0 Å². The number of piperazine rings is 1. The molecule has 10 nitrogen and oxygen atoms in total. The van der Waals surface area contributed by atoms with Gasteiger partial charge in [-0.2, -0.15) is 0 Å². The van der Waals surface area contributed by atoms with Crippen LogP contribution in [0.25, 0.3) is 28.2 Å². The Hall–Kier alpha value is -4.60. The third kappa shape index (κ3) is 4.17. The molecule has 0 spiro atoms. The second-order valence-electron chi connectivity index (χ2n) is 9.67. The van der Waals surface area contributed by atoms with E-state index >= 15 is 0 Å². The Morgan fingerprint density at radius 1 is 1.00 bits per heavy atom. The Balaban J connectivity index is 1.13. The second kappa shape index (κ2) is 9.37. The lowest BCUT2D eigenvalue weighted by Gasteiger charge is -2.37. The van der Waals surface area contributed by atoms with Crippen LogP contribution in [0.3, 0.4) is 0 Å². The maximum Gasteiger partial charge on any atom is 0.231 e. The zero-order valence-electron chi connectivity index (χ0n) is 20.8. The fourth-order valence-corrected chi connectivity index (χ4v) is 5.26. The van der Waals surface area contributed by atoms with E-state index in [0.29, 0.717) is 36.0 Å². The van der Waals surface area contributed by atoms with E-state index in [4.69, 9.17) is 9.15 Å². The van der Waals surface area contributed by atoms with Crippen molar-refractivity contribution in [2.75, 3.05) is 42.6 Å². The number of carbonyl (C=O) groups is 1. The smallest absolute Gasteiger partial charge is 0.231 e. The first-order valence-corrected chi connectivity index (χ1v) is 12.9. The molecule has 2 fully saturated rings. The van der Waals surface area contributed by atoms with Crippen molar-refractivity contribution in [3.8, 4) is 17.3 Å². The van der Waals surface area contributed by atoms with Gasteiger partial charge >= 0.3 is 0 Å². The van der Waals surface area contributed by atoms with Crippen LogP contribution in [0, 0.1) is 0 Å². The van der Waals surface area contributed by atoms with Crippen molar-refractivity contribution in [2.45, 2.75) is 18.9 Å². The Morgan fingerprint density at radius 2 is 1.84 bits per heavy atom. The number of hydrogen-bond acceptors (Lipinski definition) is 8. The number of furan rings is 1. The van der Waals surface area contributed by atoms with Gasteiger partial charge in [0.2, 0.25) is 17.5 Å². The lowest BCUT2D eigenvalue weighted by molar-refractivity contribution is -0.119. The third-order valence-corrected chi connectivity index (χ3v) is 7.26. The molecule has 1 aromatic carbocycles. The summed E-state index contributed by atoms with van der Waals surface area (Å²) in [5.74, 6) is 1.17. The minimum atomic E-state index is 0.0108. The lowest BCUT2D eigenvalue weighted by atomic mass is 10.2. The van der Waals surface area contributed by atoms with Crippen LogP contribution in [0.4, 0.5) is 11.4 Å². The van der Waals surface area contributed by atoms with Crippen LogP contribution in [0.1, 0.15) is 12.8 Å². The molecule has 1 N–H and O–H groups in total. The van der Waals surface area contributed by atoms with Crippen LogP contribution in [0.5, 0.6) is 5.88 Å². The van der Waals surface area contributed by atoms with E-state index in [0.717, 1.165) is 49.4 Å². The molecule has 1 atom stereocenters. The number of nitrogens with one attached hydrogen (secondary N) is 1. The summed E-state index contributed by atoms with van der Waals surface area (Å²) in [5.41, 5.74) is 4.36. The zero-order valence-corrected chi connectivity index (χ0v) is 20.8. The fourth-order valence-electron chi connectivity index (χ4n) is 5.26. The highest BCUT2D eigenvalue weighted by molar-refractivity contribution is 5.91. The van der Waals surface area contributed by atoms with E-state index in [1.54, 1.807) is 23.0 Å². The van der Waals surface area contributed by atoms with Crippen molar-refractivity contribution in [1.29, 1.82) is 0 Å². The van der Waals surface area contributed by atoms with E-state index < -0.39 is 0 Å². The Bertz CT molecular complexity index is 1610. The average molecular weight is 510 g/mol. The van der Waals surface area contributed by atoms with E-state index in [9.17, 15) is 4.79 Å².